The van der Waals surface area contributed by atoms with E-state index in [9.17, 15) is 43.2 Å². The molecule has 3 aromatic carbocycles. The van der Waals surface area contributed by atoms with Gasteiger partial charge in [-0.2, -0.15) is 0 Å². The van der Waals surface area contributed by atoms with E-state index in [0.29, 0.717) is 120 Å². The van der Waals surface area contributed by atoms with Gasteiger partial charge in [0.15, 0.2) is 11.6 Å². The maximum Gasteiger partial charge on any atom is 0.307 e. The molecule has 10 aliphatic rings. The van der Waals surface area contributed by atoms with Crippen molar-refractivity contribution in [2.24, 2.45) is 81.3 Å². The topological polar surface area (TPSA) is 324 Å². The molecule has 4 aliphatic carbocycles. The van der Waals surface area contributed by atoms with Gasteiger partial charge in [-0.15, -0.1) is 0 Å². The van der Waals surface area contributed by atoms with E-state index in [1.165, 1.54) is 13.3 Å². The summed E-state index contributed by atoms with van der Waals surface area (Å²) in [6.45, 7) is 29.5. The number of hydrogen-bond donors (Lipinski definition) is 0. The van der Waals surface area contributed by atoms with E-state index >= 15 is 0 Å². The quantitative estimate of drug-likeness (QED) is 0.0737. The van der Waals surface area contributed by atoms with Crippen molar-refractivity contribution in [3.8, 4) is 34.9 Å². The maximum atomic E-state index is 14.4. The second-order valence-corrected chi connectivity index (χ2v) is 41.8. The van der Waals surface area contributed by atoms with Crippen molar-refractivity contribution in [3.05, 3.63) is 71.7 Å². The molecule has 130 heavy (non-hydrogen) atoms. The molecule has 0 N–H and O–H groups in total. The van der Waals surface area contributed by atoms with Crippen LogP contribution in [0.5, 0.6) is 34.9 Å². The fourth-order valence-corrected chi connectivity index (χ4v) is 21.8. The van der Waals surface area contributed by atoms with Crippen molar-refractivity contribution < 1.29 is 104 Å². The van der Waals surface area contributed by atoms with Crippen LogP contribution in [0.3, 0.4) is 0 Å². The molecule has 1 radical (unpaired) electrons. The third kappa shape index (κ3) is 22.4. The van der Waals surface area contributed by atoms with Crippen molar-refractivity contribution in [1.29, 1.82) is 0 Å². The number of ketones is 2. The Morgan fingerprint density at radius 2 is 0.815 bits per heavy atom. The first-order valence-electron chi connectivity index (χ1n) is 47.9. The van der Waals surface area contributed by atoms with Crippen molar-refractivity contribution in [3.63, 3.8) is 0 Å². The fourth-order valence-electron chi connectivity index (χ4n) is 21.8. The molecular weight excluding hydrogens is 1690 g/mol. The monoisotopic (exact) mass is 1830 g/mol. The van der Waals surface area contributed by atoms with Crippen molar-refractivity contribution in [2.75, 3.05) is 41.0 Å². The zero-order valence-corrected chi connectivity index (χ0v) is 81.2. The van der Waals surface area contributed by atoms with Crippen LogP contribution in [0.15, 0.2) is 54.6 Å². The number of carbonyl (C=O) groups excluding carboxylic acids is 9. The summed E-state index contributed by atoms with van der Waals surface area (Å²) in [4.78, 5) is 156. The average molecular weight is 1830 g/mol. The molecule has 6 aromatic rings. The second-order valence-electron chi connectivity index (χ2n) is 41.8. The van der Waals surface area contributed by atoms with Gasteiger partial charge < -0.3 is 62.1 Å². The molecular formula is C102H138N9O18V-. The van der Waals surface area contributed by atoms with Gasteiger partial charge in [-0.05, 0) is 199 Å². The van der Waals surface area contributed by atoms with Crippen molar-refractivity contribution in [1.82, 2.24) is 44.6 Å². The number of fused-ring (bicyclic) bond motifs is 17. The number of benzene rings is 3. The molecule has 28 heteroatoms. The minimum absolute atomic E-state index is 0. The summed E-state index contributed by atoms with van der Waals surface area (Å²) in [6, 6.07) is 14.8. The van der Waals surface area contributed by atoms with E-state index < -0.39 is 76.0 Å². The van der Waals surface area contributed by atoms with Gasteiger partial charge in [0.1, 0.15) is 70.5 Å². The minimum Gasteiger partial charge on any atom is -0.540 e. The van der Waals surface area contributed by atoms with Crippen LogP contribution in [0.2, 0.25) is 0 Å². The Hall–Kier alpha value is -9.11. The van der Waals surface area contributed by atoms with Gasteiger partial charge in [-0.1, -0.05) is 134 Å². The molecule has 20 atom stereocenters. The van der Waals surface area contributed by atoms with E-state index in [0.717, 1.165) is 130 Å². The fraction of sp³-hybridized carbons (Fsp3) is 0.676. The van der Waals surface area contributed by atoms with Crippen LogP contribution in [-0.4, -0.2) is 193 Å². The molecule has 9 heterocycles. The van der Waals surface area contributed by atoms with E-state index in [1.807, 2.05) is 145 Å². The molecule has 6 aliphatic heterocycles. The van der Waals surface area contributed by atoms with Gasteiger partial charge in [0.25, 0.3) is 0 Å². The predicted octanol–water partition coefficient (Wildman–Crippen LogP) is 16.5. The summed E-state index contributed by atoms with van der Waals surface area (Å²) in [5.41, 5.74) is 4.69. The SMILES string of the molecule is CC[C@@H]1[C@@H]2CN(C(=O)[C@H](C(C)(C)C)CC(=O)O[C@@H]3CC4CC4[C@H]3CCCCCc3nc4ccc(OC)cc4nc3O2)[C@@H]1C(C)=O.CC[C@@H]1[C@@H]2CN(C(=O)[C@H](C(C)(C)C)CC(=O)O[C@@H]3C[C@H]3CCCCCc3nc4ccc(OC)cc4nc3O2)[C@@H]1[C-]=O.CC[C@@H]1[C@@H]2CN(C(=O)[C@H](C(C)(C)C)CC(=O)O[C@]3(C)C[C@H]3CCCCCc3nc4ccc(OC)cc4nc3O2)[C@@H]1C(C)=O.[V]. The minimum atomic E-state index is -0.773. The largest absolute Gasteiger partial charge is 0.540 e. The third-order valence-corrected chi connectivity index (χ3v) is 29.7. The summed E-state index contributed by atoms with van der Waals surface area (Å²) < 4.78 is 54.2. The van der Waals surface area contributed by atoms with E-state index in [-0.39, 0.29) is 135 Å². The molecule has 3 aromatic heterocycles. The van der Waals surface area contributed by atoms with Crippen LogP contribution in [0.25, 0.3) is 33.1 Å². The first-order chi connectivity index (χ1) is 61.4. The van der Waals surface area contributed by atoms with Gasteiger partial charge >= 0.3 is 17.9 Å². The normalized spacial score (nSPS) is 30.6. The number of aromatic nitrogens is 6. The standard InChI is InChI=1S/C36H49N3O6.C34H47N3O6.C32H42N3O6.V/c1-7-23-31-19-39(33(23)20(2)40)35(42)26(36(3,4)5)18-32(41)44-30-16-21-15-25(21)24(30)11-9-8-10-12-28-34(45-31)38-29-17-22(43-6)13-14-27(29)37-28;1-8-23-28-19-37(30(23)20(2)38)32(40)24(33(3,4)5)17-29(39)43-34(6)18-21(34)12-10-9-11-13-26-31(42-28)36-27-16-22(41-7)14-15-25(27)35-26;1-6-21-26(18-36)35-17-28(21)41-30-24(33-23-13-12-20(39-5)15-25(23)34-30)11-9-7-8-10-19-14-27(19)40-29(37)16-22(31(35)38)32(2,3)4;/h13-14,17,21,23-26,30-31,33H,7-12,15-16,18-19H2,1-6H3;14-16,21,23-24,28,30H,8-13,17-19H2,1-7H3;12-13,15,19,21-22,26-28H,6-11,14,16-17H2,1-5H3;/q;;-1;/t21?,23-,24-,25?,26-,30-,31+,33-;21-,23-,24-,28+,30-,34-;19-,21+,22-,26-,27-,28+;/m111./s1. The Balaban J connectivity index is 0.000000166. The Labute approximate surface area is 778 Å². The average Bonchev–Trinajstić information content (AvgIpc) is 1.61. The van der Waals surface area contributed by atoms with Crippen LogP contribution in [-0.2, 0) is 95.2 Å². The van der Waals surface area contributed by atoms with Gasteiger partial charge in [-0.25, -0.2) is 36.2 Å². The summed E-state index contributed by atoms with van der Waals surface area (Å²) in [5, 5.41) is 0. The van der Waals surface area contributed by atoms with Crippen LogP contribution < -0.4 is 28.4 Å². The first kappa shape index (κ1) is 98.4. The molecule has 705 valence electrons. The predicted molar refractivity (Wildman–Crippen MR) is 486 cm³/mol. The number of nitrogens with zero attached hydrogens (tertiary/aromatic N) is 9. The molecule has 3 amide bonds. The number of hydrogen-bond acceptors (Lipinski definition) is 24. The molecule has 3 saturated heterocycles. The number of ether oxygens (including phenoxy) is 9. The Kier molecular flexibility index (Phi) is 31.2. The van der Waals surface area contributed by atoms with Gasteiger partial charge in [0, 0.05) is 54.5 Å². The zero-order valence-electron chi connectivity index (χ0n) is 79.8. The molecule has 2 unspecified atom stereocenters. The molecule has 4 saturated carbocycles. The Morgan fingerprint density at radius 1 is 0.438 bits per heavy atom. The summed E-state index contributed by atoms with van der Waals surface area (Å²) >= 11 is 0. The van der Waals surface area contributed by atoms with Crippen LogP contribution in [0.4, 0.5) is 0 Å². The Morgan fingerprint density at radius 3 is 1.22 bits per heavy atom. The van der Waals surface area contributed by atoms with E-state index in [2.05, 4.69) is 6.29 Å². The molecule has 6 bridgehead atoms. The number of methoxy groups -OCH3 is 3. The third-order valence-electron chi connectivity index (χ3n) is 29.7. The molecule has 27 nitrogen and oxygen atoms in total. The summed E-state index contributed by atoms with van der Waals surface area (Å²) in [7, 11) is 4.85. The molecule has 16 rings (SSSR count). The number of amides is 3. The number of aryl methyl sites for hydroxylation is 3. The molecule has 0 spiro atoms. The summed E-state index contributed by atoms with van der Waals surface area (Å²) in [6.07, 6.45) is 20.6. The first-order valence-corrected chi connectivity index (χ1v) is 47.9. The van der Waals surface area contributed by atoms with Gasteiger partial charge in [0.05, 0.1) is 123 Å². The van der Waals surface area contributed by atoms with Crippen molar-refractivity contribution in [2.45, 2.75) is 319 Å². The van der Waals surface area contributed by atoms with Crippen LogP contribution in [0, 0.1) is 81.3 Å². The van der Waals surface area contributed by atoms with Crippen LogP contribution in [0.1, 0.15) is 262 Å². The smallest absolute Gasteiger partial charge is 0.307 e. The number of carbonyl (C=O) groups is 8. The summed E-state index contributed by atoms with van der Waals surface area (Å²) in [5.74, 6) is 1.42. The maximum absolute atomic E-state index is 14.4. The molecule has 7 fully saturated rings. The number of rotatable bonds is 9. The number of Topliss-reactive ketones (excluding diaryl/α,β-unsaturated/α-hetero) is 2. The number of esters is 3. The van der Waals surface area contributed by atoms with E-state index in [4.69, 9.17) is 72.5 Å². The van der Waals surface area contributed by atoms with Gasteiger partial charge in [-0.3, -0.25) is 38.4 Å². The second kappa shape index (κ2) is 41.2. The van der Waals surface area contributed by atoms with Gasteiger partial charge in [0.2, 0.25) is 35.4 Å². The Bertz CT molecular complexity index is 5130. The van der Waals surface area contributed by atoms with E-state index in [1.54, 1.807) is 43.0 Å². The van der Waals surface area contributed by atoms with Crippen LogP contribution >= 0.6 is 0 Å². The van der Waals surface area contributed by atoms with Crippen molar-refractivity contribution >= 4 is 86.6 Å². The zero-order chi connectivity index (χ0) is 92.5.